The second-order valence-corrected chi connectivity index (χ2v) is 5.94. The first-order valence-electron chi connectivity index (χ1n) is 8.40. The lowest BCUT2D eigenvalue weighted by Crippen LogP contribution is -2.45. The van der Waals surface area contributed by atoms with Crippen molar-refractivity contribution in [2.45, 2.75) is 38.6 Å². The van der Waals surface area contributed by atoms with Crippen LogP contribution in [0, 0.1) is 10.1 Å². The molecule has 0 spiro atoms. The third kappa shape index (κ3) is 5.41. The number of carbonyl (C=O) groups is 2. The van der Waals surface area contributed by atoms with E-state index in [1.807, 2.05) is 6.92 Å². The van der Waals surface area contributed by atoms with Gasteiger partial charge in [-0.1, -0.05) is 19.1 Å². The third-order valence-corrected chi connectivity index (χ3v) is 4.25. The first-order chi connectivity index (χ1) is 12.0. The number of nitro benzene ring substituents is 1. The summed E-state index contributed by atoms with van der Waals surface area (Å²) in [5.41, 5.74) is 0.459. The van der Waals surface area contributed by atoms with Crippen LogP contribution in [0.15, 0.2) is 30.3 Å². The lowest BCUT2D eigenvalue weighted by Gasteiger charge is -2.35. The van der Waals surface area contributed by atoms with Crippen molar-refractivity contribution in [2.75, 3.05) is 13.2 Å². The van der Waals surface area contributed by atoms with E-state index >= 15 is 0 Å². The van der Waals surface area contributed by atoms with Crippen molar-refractivity contribution >= 4 is 23.6 Å². The van der Waals surface area contributed by atoms with Gasteiger partial charge in [0, 0.05) is 30.8 Å². The van der Waals surface area contributed by atoms with Crippen LogP contribution in [-0.2, 0) is 14.3 Å². The highest BCUT2D eigenvalue weighted by molar-refractivity contribution is 5.89. The van der Waals surface area contributed by atoms with Gasteiger partial charge in [-0.2, -0.15) is 0 Å². The maximum atomic E-state index is 12.2. The van der Waals surface area contributed by atoms with E-state index in [4.69, 9.17) is 4.74 Å². The molecule has 7 heteroatoms. The second kappa shape index (κ2) is 8.96. The molecule has 0 aliphatic carbocycles. The van der Waals surface area contributed by atoms with Gasteiger partial charge in [-0.05, 0) is 37.3 Å². The van der Waals surface area contributed by atoms with E-state index in [-0.39, 0.29) is 24.2 Å². The molecule has 1 heterocycles. The average molecular weight is 346 g/mol. The number of nitro groups is 1. The van der Waals surface area contributed by atoms with Gasteiger partial charge >= 0.3 is 5.97 Å². The minimum atomic E-state index is -0.648. The topological polar surface area (TPSA) is 89.8 Å². The molecular formula is C18H22N2O5. The van der Waals surface area contributed by atoms with E-state index < -0.39 is 10.9 Å². The predicted molar refractivity (Wildman–Crippen MR) is 92.7 cm³/mol. The molecule has 25 heavy (non-hydrogen) atoms. The number of esters is 1. The largest absolute Gasteiger partial charge is 0.452 e. The molecule has 1 aliphatic heterocycles. The summed E-state index contributed by atoms with van der Waals surface area (Å²) in [7, 11) is 0. The Hall–Kier alpha value is -2.70. The third-order valence-electron chi connectivity index (χ3n) is 4.25. The van der Waals surface area contributed by atoms with Gasteiger partial charge in [0.15, 0.2) is 6.61 Å². The highest BCUT2D eigenvalue weighted by Gasteiger charge is 2.25. The van der Waals surface area contributed by atoms with Crippen LogP contribution in [-0.4, -0.2) is 40.9 Å². The predicted octanol–water partition coefficient (Wildman–Crippen LogP) is 2.94. The Morgan fingerprint density at radius 1 is 1.40 bits per heavy atom. The second-order valence-electron chi connectivity index (χ2n) is 5.94. The molecule has 0 unspecified atom stereocenters. The van der Waals surface area contributed by atoms with Gasteiger partial charge in [0.25, 0.3) is 11.6 Å². The van der Waals surface area contributed by atoms with Gasteiger partial charge in [0.1, 0.15) is 0 Å². The SMILES string of the molecule is CC[C@H]1CCCCN1C(=O)COC(=O)/C=C/c1cccc([N+](=O)[O-])c1. The van der Waals surface area contributed by atoms with E-state index in [1.165, 1.54) is 30.4 Å². The van der Waals surface area contributed by atoms with Crippen molar-refractivity contribution in [3.05, 3.63) is 46.0 Å². The number of ether oxygens (including phenoxy) is 1. The molecule has 2 rings (SSSR count). The zero-order valence-electron chi connectivity index (χ0n) is 14.2. The van der Waals surface area contributed by atoms with Crippen molar-refractivity contribution in [1.29, 1.82) is 0 Å². The van der Waals surface area contributed by atoms with Crippen molar-refractivity contribution < 1.29 is 19.2 Å². The van der Waals surface area contributed by atoms with E-state index in [0.29, 0.717) is 12.1 Å². The van der Waals surface area contributed by atoms with Gasteiger partial charge in [-0.15, -0.1) is 0 Å². The number of hydrogen-bond donors (Lipinski definition) is 0. The van der Waals surface area contributed by atoms with Crippen LogP contribution in [0.2, 0.25) is 0 Å². The molecule has 1 aliphatic rings. The molecule has 0 radical (unpaired) electrons. The molecule has 1 saturated heterocycles. The van der Waals surface area contributed by atoms with Gasteiger partial charge < -0.3 is 9.64 Å². The Morgan fingerprint density at radius 2 is 2.20 bits per heavy atom. The quantitative estimate of drug-likeness (QED) is 0.342. The minimum absolute atomic E-state index is 0.0543. The zero-order chi connectivity index (χ0) is 18.2. The summed E-state index contributed by atoms with van der Waals surface area (Å²) in [5.74, 6) is -0.825. The summed E-state index contributed by atoms with van der Waals surface area (Å²) in [4.78, 5) is 36.0. The van der Waals surface area contributed by atoms with Crippen LogP contribution in [0.4, 0.5) is 5.69 Å². The maximum Gasteiger partial charge on any atom is 0.331 e. The van der Waals surface area contributed by atoms with E-state index in [1.54, 1.807) is 11.0 Å². The normalized spacial score (nSPS) is 17.5. The zero-order valence-corrected chi connectivity index (χ0v) is 14.2. The summed E-state index contributed by atoms with van der Waals surface area (Å²) in [6.45, 7) is 2.47. The Morgan fingerprint density at radius 3 is 2.92 bits per heavy atom. The number of likely N-dealkylation sites (tertiary alicyclic amines) is 1. The monoisotopic (exact) mass is 346 g/mol. The number of piperidine rings is 1. The molecule has 1 aromatic rings. The van der Waals surface area contributed by atoms with Crippen LogP contribution in [0.5, 0.6) is 0 Å². The van der Waals surface area contributed by atoms with E-state index in [9.17, 15) is 19.7 Å². The first-order valence-corrected chi connectivity index (χ1v) is 8.40. The molecule has 0 bridgehead atoms. The van der Waals surface area contributed by atoms with Gasteiger partial charge in [0.05, 0.1) is 4.92 Å². The van der Waals surface area contributed by atoms with Gasteiger partial charge in [-0.25, -0.2) is 4.79 Å². The van der Waals surface area contributed by atoms with Crippen LogP contribution in [0.1, 0.15) is 38.2 Å². The van der Waals surface area contributed by atoms with Crippen LogP contribution in [0.25, 0.3) is 6.08 Å². The number of non-ortho nitro benzene ring substituents is 1. The molecular weight excluding hydrogens is 324 g/mol. The highest BCUT2D eigenvalue weighted by Crippen LogP contribution is 2.19. The number of carbonyl (C=O) groups excluding carboxylic acids is 2. The van der Waals surface area contributed by atoms with E-state index in [2.05, 4.69) is 0 Å². The number of benzene rings is 1. The fraction of sp³-hybridized carbons (Fsp3) is 0.444. The molecule has 1 aromatic carbocycles. The molecule has 0 saturated carbocycles. The Kier molecular flexibility index (Phi) is 6.68. The molecule has 7 nitrogen and oxygen atoms in total. The van der Waals surface area contributed by atoms with Crippen LogP contribution in [0.3, 0.4) is 0 Å². The summed E-state index contributed by atoms with van der Waals surface area (Å²) in [5, 5.41) is 10.7. The van der Waals surface area contributed by atoms with Crippen molar-refractivity contribution in [3.63, 3.8) is 0 Å². The minimum Gasteiger partial charge on any atom is -0.452 e. The van der Waals surface area contributed by atoms with Gasteiger partial charge in [0.2, 0.25) is 0 Å². The number of rotatable bonds is 6. The summed E-state index contributed by atoms with van der Waals surface area (Å²) in [6, 6.07) is 6.13. The fourth-order valence-electron chi connectivity index (χ4n) is 2.92. The molecule has 134 valence electrons. The van der Waals surface area contributed by atoms with E-state index in [0.717, 1.165) is 25.7 Å². The Labute approximate surface area is 146 Å². The summed E-state index contributed by atoms with van der Waals surface area (Å²) in [6.07, 6.45) is 6.57. The first kappa shape index (κ1) is 18.6. The molecule has 1 atom stereocenters. The molecule has 0 N–H and O–H groups in total. The highest BCUT2D eigenvalue weighted by atomic mass is 16.6. The summed E-state index contributed by atoms with van der Waals surface area (Å²) >= 11 is 0. The van der Waals surface area contributed by atoms with Crippen LogP contribution < -0.4 is 0 Å². The lowest BCUT2D eigenvalue weighted by atomic mass is 10.00. The number of nitrogens with zero attached hydrogens (tertiary/aromatic N) is 2. The summed E-state index contributed by atoms with van der Waals surface area (Å²) < 4.78 is 5.00. The maximum absolute atomic E-state index is 12.2. The molecule has 1 fully saturated rings. The average Bonchev–Trinajstić information content (AvgIpc) is 2.64. The Bertz CT molecular complexity index is 671. The smallest absolute Gasteiger partial charge is 0.331 e. The van der Waals surface area contributed by atoms with Crippen LogP contribution >= 0.6 is 0 Å². The van der Waals surface area contributed by atoms with Crippen molar-refractivity contribution in [2.24, 2.45) is 0 Å². The standard InChI is InChI=1S/C18H22N2O5/c1-2-15-7-3-4-11-19(15)17(21)13-25-18(22)10-9-14-6-5-8-16(12-14)20(23)24/h5-6,8-10,12,15H,2-4,7,11,13H2,1H3/b10-9+/t15-/m0/s1. The number of amides is 1. The van der Waals surface area contributed by atoms with Crippen molar-refractivity contribution in [3.8, 4) is 0 Å². The van der Waals surface area contributed by atoms with Crippen molar-refractivity contribution in [1.82, 2.24) is 4.90 Å². The fourth-order valence-corrected chi connectivity index (χ4v) is 2.92. The lowest BCUT2D eigenvalue weighted by molar-refractivity contribution is -0.384. The molecule has 0 aromatic heterocycles. The van der Waals surface area contributed by atoms with Gasteiger partial charge in [-0.3, -0.25) is 14.9 Å². The Balaban J connectivity index is 1.86. The molecule has 1 amide bonds. The number of hydrogen-bond acceptors (Lipinski definition) is 5.